The molecule has 1 atom stereocenters. The maximum Gasteiger partial charge on any atom is 0.321 e. The van der Waals surface area contributed by atoms with Gasteiger partial charge in [0, 0.05) is 0 Å². The van der Waals surface area contributed by atoms with Gasteiger partial charge in [0.05, 0.1) is 0 Å². The average molecular weight is 118 g/mol. The van der Waals surface area contributed by atoms with Gasteiger partial charge in [0.25, 0.3) is 0 Å². The summed E-state index contributed by atoms with van der Waals surface area (Å²) in [4.78, 5) is 9.99. The van der Waals surface area contributed by atoms with Crippen molar-refractivity contribution in [1.29, 1.82) is 0 Å². The lowest BCUT2D eigenvalue weighted by molar-refractivity contribution is -0.139. The largest absolute Gasteiger partial charge is 0.480 e. The van der Waals surface area contributed by atoms with Gasteiger partial charge in [-0.25, -0.2) is 5.43 Å². The van der Waals surface area contributed by atoms with Crippen LogP contribution in [0.1, 0.15) is 6.92 Å². The molecule has 0 aliphatic heterocycles. The molecule has 0 aliphatic carbocycles. The van der Waals surface area contributed by atoms with Crippen LogP contribution in [0.3, 0.4) is 0 Å². The van der Waals surface area contributed by atoms with Crippen molar-refractivity contribution in [2.75, 3.05) is 7.05 Å². The van der Waals surface area contributed by atoms with Crippen LogP contribution in [0.2, 0.25) is 0 Å². The molecule has 0 amide bonds. The third-order valence-corrected chi connectivity index (χ3v) is 0.731. The number of nitrogens with one attached hydrogen (secondary N) is 2. The topological polar surface area (TPSA) is 61.4 Å². The summed E-state index contributed by atoms with van der Waals surface area (Å²) in [6.45, 7) is 1.55. The van der Waals surface area contributed by atoms with E-state index < -0.39 is 12.0 Å². The summed E-state index contributed by atoms with van der Waals surface area (Å²) in [5, 5.41) is 8.21. The number of aliphatic carboxylic acids is 1. The van der Waals surface area contributed by atoms with E-state index in [9.17, 15) is 4.79 Å². The number of hydrazine groups is 1. The lowest BCUT2D eigenvalue weighted by Crippen LogP contribution is -2.41. The molecule has 0 saturated carbocycles. The Morgan fingerprint density at radius 1 is 1.75 bits per heavy atom. The Morgan fingerprint density at radius 2 is 2.25 bits per heavy atom. The molecule has 0 aromatic carbocycles. The van der Waals surface area contributed by atoms with Gasteiger partial charge in [0.15, 0.2) is 0 Å². The summed E-state index contributed by atoms with van der Waals surface area (Å²) in [7, 11) is 1.62. The minimum absolute atomic E-state index is 0.528. The number of carboxylic acid groups (broad SMARTS) is 1. The Labute approximate surface area is 47.9 Å². The van der Waals surface area contributed by atoms with Crippen molar-refractivity contribution >= 4 is 5.97 Å². The summed E-state index contributed by atoms with van der Waals surface area (Å²) >= 11 is 0. The molecule has 0 aromatic rings. The quantitative estimate of drug-likeness (QED) is 0.424. The predicted molar refractivity (Wildman–Crippen MR) is 29.3 cm³/mol. The molecule has 4 nitrogen and oxygen atoms in total. The van der Waals surface area contributed by atoms with Gasteiger partial charge in [-0.15, -0.1) is 0 Å². The smallest absolute Gasteiger partial charge is 0.321 e. The van der Waals surface area contributed by atoms with E-state index in [0.29, 0.717) is 0 Å². The molecule has 0 heterocycles. The lowest BCUT2D eigenvalue weighted by Gasteiger charge is -2.04. The van der Waals surface area contributed by atoms with Crippen LogP contribution < -0.4 is 10.9 Å². The molecule has 0 saturated heterocycles. The van der Waals surface area contributed by atoms with E-state index in [-0.39, 0.29) is 0 Å². The van der Waals surface area contributed by atoms with Crippen LogP contribution in [0.5, 0.6) is 0 Å². The van der Waals surface area contributed by atoms with Crippen molar-refractivity contribution in [1.82, 2.24) is 10.9 Å². The van der Waals surface area contributed by atoms with Gasteiger partial charge in [-0.1, -0.05) is 0 Å². The van der Waals surface area contributed by atoms with E-state index >= 15 is 0 Å². The zero-order chi connectivity index (χ0) is 6.57. The molecule has 0 bridgehead atoms. The van der Waals surface area contributed by atoms with Gasteiger partial charge in [-0.3, -0.25) is 10.2 Å². The van der Waals surface area contributed by atoms with Crippen LogP contribution in [0.4, 0.5) is 0 Å². The number of hydrogen-bond donors (Lipinski definition) is 3. The molecule has 4 heteroatoms. The fourth-order valence-corrected chi connectivity index (χ4v) is 0.278. The third-order valence-electron chi connectivity index (χ3n) is 0.731. The summed E-state index contributed by atoms with van der Waals surface area (Å²) < 4.78 is 0. The van der Waals surface area contributed by atoms with E-state index in [0.717, 1.165) is 0 Å². The molecular weight excluding hydrogens is 108 g/mol. The van der Waals surface area contributed by atoms with E-state index in [1.54, 1.807) is 14.0 Å². The summed E-state index contributed by atoms with van der Waals surface area (Å²) in [5.74, 6) is -0.862. The highest BCUT2D eigenvalue weighted by molar-refractivity contribution is 5.72. The Balaban J connectivity index is 3.32. The van der Waals surface area contributed by atoms with Gasteiger partial charge in [0.1, 0.15) is 6.04 Å². The standard InChI is InChI=1S/C4H10N2O2/c1-3(4(7)8)6-5-2/h3,5-6H,1-2H3,(H,7,8)/t3-/m0/s1. The van der Waals surface area contributed by atoms with Crippen molar-refractivity contribution in [3.05, 3.63) is 0 Å². The molecule has 48 valence electrons. The Kier molecular flexibility index (Phi) is 3.14. The van der Waals surface area contributed by atoms with Crippen LogP contribution in [-0.2, 0) is 4.79 Å². The van der Waals surface area contributed by atoms with Gasteiger partial charge in [0.2, 0.25) is 0 Å². The predicted octanol–water partition coefficient (Wildman–Crippen LogP) is -0.816. The maximum atomic E-state index is 9.99. The Hall–Kier alpha value is -0.610. The van der Waals surface area contributed by atoms with E-state index in [1.165, 1.54) is 0 Å². The van der Waals surface area contributed by atoms with Gasteiger partial charge >= 0.3 is 5.97 Å². The first-order valence-electron chi connectivity index (χ1n) is 2.33. The second-order valence-electron chi connectivity index (χ2n) is 1.45. The Bertz CT molecular complexity index is 84.1. The fourth-order valence-electron chi connectivity index (χ4n) is 0.278. The number of rotatable bonds is 3. The third kappa shape index (κ3) is 2.54. The van der Waals surface area contributed by atoms with Crippen molar-refractivity contribution in [3.63, 3.8) is 0 Å². The molecular formula is C4H10N2O2. The van der Waals surface area contributed by atoms with Gasteiger partial charge in [-0.05, 0) is 14.0 Å². The minimum atomic E-state index is -0.862. The van der Waals surface area contributed by atoms with Crippen molar-refractivity contribution in [2.24, 2.45) is 0 Å². The molecule has 0 radical (unpaired) electrons. The lowest BCUT2D eigenvalue weighted by atomic mass is 10.4. The second-order valence-corrected chi connectivity index (χ2v) is 1.45. The van der Waals surface area contributed by atoms with E-state index in [1.807, 2.05) is 0 Å². The van der Waals surface area contributed by atoms with Crippen LogP contribution in [0, 0.1) is 0 Å². The molecule has 0 fully saturated rings. The molecule has 0 aliphatic rings. The minimum Gasteiger partial charge on any atom is -0.480 e. The van der Waals surface area contributed by atoms with Crippen LogP contribution in [-0.4, -0.2) is 24.2 Å². The summed E-state index contributed by atoms with van der Waals surface area (Å²) in [6.07, 6.45) is 0. The first-order valence-corrected chi connectivity index (χ1v) is 2.33. The van der Waals surface area contributed by atoms with Crippen LogP contribution in [0.25, 0.3) is 0 Å². The van der Waals surface area contributed by atoms with Crippen molar-refractivity contribution in [3.8, 4) is 0 Å². The van der Waals surface area contributed by atoms with Crippen LogP contribution in [0.15, 0.2) is 0 Å². The summed E-state index contributed by atoms with van der Waals surface area (Å²) in [6, 6.07) is -0.528. The van der Waals surface area contributed by atoms with Crippen LogP contribution >= 0.6 is 0 Å². The molecule has 0 rings (SSSR count). The first kappa shape index (κ1) is 7.39. The normalized spacial score (nSPS) is 13.2. The highest BCUT2D eigenvalue weighted by Gasteiger charge is 2.06. The Morgan fingerprint density at radius 3 is 2.38 bits per heavy atom. The molecule has 0 unspecified atom stereocenters. The zero-order valence-electron chi connectivity index (χ0n) is 4.93. The number of carbonyl (C=O) groups is 1. The summed E-state index contributed by atoms with van der Waals surface area (Å²) in [5.41, 5.74) is 5.01. The van der Waals surface area contributed by atoms with E-state index in [2.05, 4.69) is 10.9 Å². The highest BCUT2D eigenvalue weighted by Crippen LogP contribution is 1.74. The fraction of sp³-hybridized carbons (Fsp3) is 0.750. The maximum absolute atomic E-state index is 9.99. The molecule has 3 N–H and O–H groups in total. The van der Waals surface area contributed by atoms with Gasteiger partial charge in [-0.2, -0.15) is 0 Å². The molecule has 8 heavy (non-hydrogen) atoms. The SMILES string of the molecule is CNN[C@@H](C)C(=O)O. The van der Waals surface area contributed by atoms with Gasteiger partial charge < -0.3 is 5.11 Å². The van der Waals surface area contributed by atoms with Crippen molar-refractivity contribution < 1.29 is 9.90 Å². The molecule has 0 spiro atoms. The van der Waals surface area contributed by atoms with E-state index in [4.69, 9.17) is 5.11 Å². The average Bonchev–Trinajstić information content (AvgIpc) is 1.67. The number of hydrogen-bond acceptors (Lipinski definition) is 3. The monoisotopic (exact) mass is 118 g/mol. The first-order chi connectivity index (χ1) is 3.68. The second kappa shape index (κ2) is 3.40. The molecule has 0 aromatic heterocycles. The highest BCUT2D eigenvalue weighted by atomic mass is 16.4. The van der Waals surface area contributed by atoms with Crippen molar-refractivity contribution in [2.45, 2.75) is 13.0 Å². The number of carboxylic acids is 1. The zero-order valence-corrected chi connectivity index (χ0v) is 4.93.